The molecule has 0 fully saturated rings. The van der Waals surface area contributed by atoms with Crippen LogP contribution in [0.1, 0.15) is 13.8 Å². The summed E-state index contributed by atoms with van der Waals surface area (Å²) in [6.07, 6.45) is -0.795. The van der Waals surface area contributed by atoms with E-state index in [1.54, 1.807) is 45.2 Å². The van der Waals surface area contributed by atoms with Gasteiger partial charge in [-0.1, -0.05) is 23.5 Å². The second kappa shape index (κ2) is 9.24. The Morgan fingerprint density at radius 1 is 0.966 bits per heavy atom. The third kappa shape index (κ3) is 5.35. The van der Waals surface area contributed by atoms with Crippen molar-refractivity contribution < 1.29 is 19.1 Å². The van der Waals surface area contributed by atoms with Crippen molar-refractivity contribution in [3.05, 3.63) is 48.5 Å². The molecule has 0 aliphatic heterocycles. The van der Waals surface area contributed by atoms with Gasteiger partial charge in [0.15, 0.2) is 11.2 Å². The Hall–Kier alpha value is -3.33. The second-order valence-corrected chi connectivity index (χ2v) is 7.30. The topological polar surface area (TPSA) is 102 Å². The summed E-state index contributed by atoms with van der Waals surface area (Å²) in [5, 5.41) is 3.67. The van der Waals surface area contributed by atoms with Crippen molar-refractivity contribution in [1.29, 1.82) is 0 Å². The van der Waals surface area contributed by atoms with Crippen molar-refractivity contribution in [2.24, 2.45) is 0 Å². The number of fused-ring (bicyclic) bond motifs is 1. The molecule has 0 radical (unpaired) electrons. The third-order valence-corrected chi connectivity index (χ3v) is 5.05. The fourth-order valence-corrected chi connectivity index (χ4v) is 3.38. The van der Waals surface area contributed by atoms with E-state index in [1.807, 2.05) is 24.3 Å². The summed E-state index contributed by atoms with van der Waals surface area (Å²) >= 11 is 1.46. The lowest BCUT2D eigenvalue weighted by atomic mass is 10.3. The first kappa shape index (κ1) is 20.4. The van der Waals surface area contributed by atoms with Gasteiger partial charge in [0.25, 0.3) is 11.8 Å². The van der Waals surface area contributed by atoms with Crippen molar-refractivity contribution in [3.8, 4) is 11.5 Å². The first-order chi connectivity index (χ1) is 14.0. The van der Waals surface area contributed by atoms with Crippen molar-refractivity contribution in [1.82, 2.24) is 15.8 Å². The Labute approximate surface area is 172 Å². The Kier molecular flexibility index (Phi) is 6.50. The second-order valence-electron chi connectivity index (χ2n) is 6.27. The quantitative estimate of drug-likeness (QED) is 0.514. The number of ether oxygens (including phenoxy) is 2. The summed E-state index contributed by atoms with van der Waals surface area (Å²) in [5.74, 6) is 0.345. The molecule has 3 N–H and O–H groups in total. The van der Waals surface area contributed by atoms with E-state index in [4.69, 9.17) is 9.47 Å². The molecule has 0 saturated carbocycles. The predicted molar refractivity (Wildman–Crippen MR) is 112 cm³/mol. The summed E-state index contributed by atoms with van der Waals surface area (Å²) in [6.45, 7) is 3.28. The van der Waals surface area contributed by atoms with Crippen LogP contribution in [0.3, 0.4) is 0 Å². The zero-order valence-corrected chi connectivity index (χ0v) is 17.1. The van der Waals surface area contributed by atoms with Crippen molar-refractivity contribution in [3.63, 3.8) is 0 Å². The summed E-state index contributed by atoms with van der Waals surface area (Å²) in [7, 11) is 1.57. The standard InChI is InChI=1S/C20H22N4O4S/c1-12(21-20-22-16-6-4-5-7-17(16)29-20)18(25)23-24-19(26)13(2)28-15-10-8-14(27-3)9-11-15/h4-13H,1-3H3,(H,21,22)(H,23,25)(H,24,26)/t12-,13+/m0/s1. The molecule has 0 aliphatic rings. The first-order valence-electron chi connectivity index (χ1n) is 8.99. The van der Waals surface area contributed by atoms with Crippen LogP contribution in [0.4, 0.5) is 5.13 Å². The van der Waals surface area contributed by atoms with E-state index >= 15 is 0 Å². The van der Waals surface area contributed by atoms with E-state index in [2.05, 4.69) is 21.2 Å². The van der Waals surface area contributed by atoms with Gasteiger partial charge in [-0.25, -0.2) is 4.98 Å². The van der Waals surface area contributed by atoms with Crippen LogP contribution in [0, 0.1) is 0 Å². The lowest BCUT2D eigenvalue weighted by Crippen LogP contribution is -2.51. The van der Waals surface area contributed by atoms with Crippen LogP contribution in [-0.4, -0.2) is 36.1 Å². The lowest BCUT2D eigenvalue weighted by molar-refractivity contribution is -0.132. The average Bonchev–Trinajstić information content (AvgIpc) is 3.14. The van der Waals surface area contributed by atoms with Crippen LogP contribution >= 0.6 is 11.3 Å². The molecular weight excluding hydrogens is 392 g/mol. The van der Waals surface area contributed by atoms with E-state index < -0.39 is 24.0 Å². The lowest BCUT2D eigenvalue weighted by Gasteiger charge is -2.17. The highest BCUT2D eigenvalue weighted by Crippen LogP contribution is 2.25. The molecule has 3 aromatic rings. The molecule has 0 saturated heterocycles. The first-order valence-corrected chi connectivity index (χ1v) is 9.80. The van der Waals surface area contributed by atoms with Gasteiger partial charge < -0.3 is 14.8 Å². The fourth-order valence-electron chi connectivity index (χ4n) is 2.43. The Bertz CT molecular complexity index is 957. The maximum Gasteiger partial charge on any atom is 0.279 e. The minimum absolute atomic E-state index is 0.394. The predicted octanol–water partition coefficient (Wildman–Crippen LogP) is 2.72. The Morgan fingerprint density at radius 3 is 2.31 bits per heavy atom. The van der Waals surface area contributed by atoms with Crippen LogP contribution in [0.15, 0.2) is 48.5 Å². The summed E-state index contributed by atoms with van der Waals surface area (Å²) in [6, 6.07) is 14.0. The van der Waals surface area contributed by atoms with Crippen molar-refractivity contribution >= 4 is 38.5 Å². The number of methoxy groups -OCH3 is 1. The third-order valence-electron chi connectivity index (χ3n) is 4.08. The molecule has 0 unspecified atom stereocenters. The van der Waals surface area contributed by atoms with Crippen molar-refractivity contribution in [2.75, 3.05) is 12.4 Å². The SMILES string of the molecule is COc1ccc(O[C@H](C)C(=O)NNC(=O)[C@H](C)Nc2nc3ccccc3s2)cc1. The number of benzene rings is 2. The van der Waals surface area contributed by atoms with Crippen LogP contribution in [0.5, 0.6) is 11.5 Å². The number of thiazole rings is 1. The highest BCUT2D eigenvalue weighted by molar-refractivity contribution is 7.22. The molecular formula is C20H22N4O4S. The summed E-state index contributed by atoms with van der Waals surface area (Å²) in [4.78, 5) is 28.8. The van der Waals surface area contributed by atoms with Crippen LogP contribution in [-0.2, 0) is 9.59 Å². The number of hydrazine groups is 1. The maximum absolute atomic E-state index is 12.3. The molecule has 3 rings (SSSR count). The van der Waals surface area contributed by atoms with E-state index in [9.17, 15) is 9.59 Å². The van der Waals surface area contributed by atoms with Gasteiger partial charge in [-0.15, -0.1) is 0 Å². The number of nitrogens with one attached hydrogen (secondary N) is 3. The van der Waals surface area contributed by atoms with Gasteiger partial charge in [-0.2, -0.15) is 0 Å². The van der Waals surface area contributed by atoms with Gasteiger partial charge >= 0.3 is 0 Å². The highest BCUT2D eigenvalue weighted by atomic mass is 32.1. The molecule has 0 aliphatic carbocycles. The van der Waals surface area contributed by atoms with E-state index in [-0.39, 0.29) is 0 Å². The number of aromatic nitrogens is 1. The fraction of sp³-hybridized carbons (Fsp3) is 0.250. The maximum atomic E-state index is 12.3. The molecule has 0 spiro atoms. The Balaban J connectivity index is 1.47. The largest absolute Gasteiger partial charge is 0.497 e. The average molecular weight is 414 g/mol. The number of hydrogen-bond acceptors (Lipinski definition) is 7. The normalized spacial score (nSPS) is 12.7. The molecule has 1 heterocycles. The molecule has 1 aromatic heterocycles. The molecule has 0 bridgehead atoms. The number of amides is 2. The molecule has 152 valence electrons. The van der Waals surface area contributed by atoms with Crippen LogP contribution in [0.25, 0.3) is 10.2 Å². The number of rotatable bonds is 7. The monoisotopic (exact) mass is 414 g/mol. The van der Waals surface area contributed by atoms with Gasteiger partial charge in [0.1, 0.15) is 17.5 Å². The summed E-state index contributed by atoms with van der Waals surface area (Å²) in [5.41, 5.74) is 5.64. The minimum atomic E-state index is -0.795. The number of nitrogens with zero attached hydrogens (tertiary/aromatic N) is 1. The number of carbonyl (C=O) groups excluding carboxylic acids is 2. The van der Waals surface area contributed by atoms with E-state index in [0.29, 0.717) is 16.6 Å². The number of hydrogen-bond donors (Lipinski definition) is 3. The van der Waals surface area contributed by atoms with Crippen LogP contribution < -0.4 is 25.6 Å². The molecule has 2 aromatic carbocycles. The molecule has 2 amide bonds. The molecule has 2 atom stereocenters. The van der Waals surface area contributed by atoms with E-state index in [1.165, 1.54) is 11.3 Å². The molecule has 8 nitrogen and oxygen atoms in total. The van der Waals surface area contributed by atoms with Gasteiger partial charge in [-0.05, 0) is 50.2 Å². The zero-order valence-electron chi connectivity index (χ0n) is 16.3. The van der Waals surface area contributed by atoms with Crippen molar-refractivity contribution in [2.45, 2.75) is 26.0 Å². The van der Waals surface area contributed by atoms with Gasteiger partial charge in [0.2, 0.25) is 0 Å². The van der Waals surface area contributed by atoms with Gasteiger partial charge in [0, 0.05) is 0 Å². The zero-order chi connectivity index (χ0) is 20.8. The van der Waals surface area contributed by atoms with E-state index in [0.717, 1.165) is 10.2 Å². The summed E-state index contributed by atoms with van der Waals surface area (Å²) < 4.78 is 11.7. The number of anilines is 1. The highest BCUT2D eigenvalue weighted by Gasteiger charge is 2.19. The number of carbonyl (C=O) groups is 2. The van der Waals surface area contributed by atoms with Gasteiger partial charge in [-0.3, -0.25) is 20.4 Å². The number of para-hydroxylation sites is 1. The van der Waals surface area contributed by atoms with Gasteiger partial charge in [0.05, 0.1) is 17.3 Å². The Morgan fingerprint density at radius 2 is 1.62 bits per heavy atom. The minimum Gasteiger partial charge on any atom is -0.497 e. The van der Waals surface area contributed by atoms with Crippen LogP contribution in [0.2, 0.25) is 0 Å². The molecule has 29 heavy (non-hydrogen) atoms. The smallest absolute Gasteiger partial charge is 0.279 e. The molecule has 9 heteroatoms.